The molecule has 0 unspecified atom stereocenters. The molecule has 160 valence electrons. The van der Waals surface area contributed by atoms with Gasteiger partial charge in [0.2, 0.25) is 10.0 Å². The van der Waals surface area contributed by atoms with Crippen molar-refractivity contribution in [3.05, 3.63) is 46.5 Å². The second kappa shape index (κ2) is 7.59. The summed E-state index contributed by atoms with van der Waals surface area (Å²) in [7, 11) is -4.10. The molecule has 3 rings (SSSR count). The zero-order chi connectivity index (χ0) is 21.6. The third kappa shape index (κ3) is 4.46. The van der Waals surface area contributed by atoms with Crippen molar-refractivity contribution in [3.63, 3.8) is 0 Å². The highest BCUT2D eigenvalue weighted by Crippen LogP contribution is 2.38. The Hall–Kier alpha value is -1.58. The van der Waals surface area contributed by atoms with Crippen LogP contribution in [0.3, 0.4) is 0 Å². The number of halogens is 4. The Morgan fingerprint density at radius 2 is 1.90 bits per heavy atom. The summed E-state index contributed by atoms with van der Waals surface area (Å²) in [5, 5.41) is -0.445. The van der Waals surface area contributed by atoms with Gasteiger partial charge in [0.1, 0.15) is 10.7 Å². The largest absolute Gasteiger partial charge is 0.416 e. The highest BCUT2D eigenvalue weighted by Gasteiger charge is 2.38. The minimum Gasteiger partial charge on any atom is -0.344 e. The van der Waals surface area contributed by atoms with Crippen LogP contribution in [0.15, 0.2) is 29.3 Å². The first-order valence-corrected chi connectivity index (χ1v) is 11.1. The number of sulfonamides is 1. The van der Waals surface area contributed by atoms with Gasteiger partial charge in [-0.05, 0) is 31.0 Å². The van der Waals surface area contributed by atoms with E-state index in [1.807, 2.05) is 20.8 Å². The average Bonchev–Trinajstić information content (AvgIpc) is 3.11. The summed E-state index contributed by atoms with van der Waals surface area (Å²) in [6, 6.07) is 1.79. The topological polar surface area (TPSA) is 66.1 Å². The van der Waals surface area contributed by atoms with Crippen LogP contribution in [0.5, 0.6) is 0 Å². The number of rotatable bonds is 3. The molecular weight excluding hydrogens is 427 g/mol. The van der Waals surface area contributed by atoms with Crippen molar-refractivity contribution in [1.82, 2.24) is 14.3 Å². The summed E-state index contributed by atoms with van der Waals surface area (Å²) in [6.07, 6.45) is -0.866. The first kappa shape index (κ1) is 22.1. The van der Waals surface area contributed by atoms with E-state index in [1.54, 1.807) is 6.20 Å². The van der Waals surface area contributed by atoms with Gasteiger partial charge in [-0.3, -0.25) is 0 Å². The van der Waals surface area contributed by atoms with Crippen LogP contribution in [0.25, 0.3) is 0 Å². The second-order valence-electron chi connectivity index (χ2n) is 8.20. The maximum Gasteiger partial charge on any atom is 0.416 e. The summed E-state index contributed by atoms with van der Waals surface area (Å²) >= 11 is 5.97. The van der Waals surface area contributed by atoms with E-state index < -0.39 is 32.8 Å². The number of aromatic amines is 1. The van der Waals surface area contributed by atoms with Crippen LogP contribution in [0, 0.1) is 0 Å². The highest BCUT2D eigenvalue weighted by atomic mass is 35.5. The Bertz CT molecular complexity index is 997. The van der Waals surface area contributed by atoms with Crippen LogP contribution in [0.2, 0.25) is 5.02 Å². The Morgan fingerprint density at radius 3 is 2.45 bits per heavy atom. The lowest BCUT2D eigenvalue weighted by Gasteiger charge is -2.33. The minimum absolute atomic E-state index is 0.180. The molecule has 0 spiro atoms. The van der Waals surface area contributed by atoms with Crippen LogP contribution in [0.1, 0.15) is 63.2 Å². The summed E-state index contributed by atoms with van der Waals surface area (Å²) in [5.41, 5.74) is -0.291. The molecule has 0 aliphatic carbocycles. The Morgan fingerprint density at radius 1 is 1.21 bits per heavy atom. The number of benzene rings is 1. The molecule has 29 heavy (non-hydrogen) atoms. The van der Waals surface area contributed by atoms with E-state index in [2.05, 4.69) is 9.97 Å². The highest BCUT2D eigenvalue weighted by molar-refractivity contribution is 7.89. The zero-order valence-electron chi connectivity index (χ0n) is 16.3. The molecule has 1 fully saturated rings. The number of H-pyrrole nitrogens is 1. The molecule has 1 aromatic heterocycles. The van der Waals surface area contributed by atoms with Crippen LogP contribution < -0.4 is 0 Å². The molecule has 2 heterocycles. The third-order valence-electron chi connectivity index (χ3n) is 5.02. The van der Waals surface area contributed by atoms with Crippen molar-refractivity contribution >= 4 is 21.6 Å². The molecule has 5 nitrogen and oxygen atoms in total. The van der Waals surface area contributed by atoms with Crippen molar-refractivity contribution in [2.45, 2.75) is 62.6 Å². The van der Waals surface area contributed by atoms with Crippen LogP contribution in [0.4, 0.5) is 13.2 Å². The number of aromatic nitrogens is 2. The van der Waals surface area contributed by atoms with Crippen molar-refractivity contribution < 1.29 is 21.6 Å². The maximum atomic E-state index is 13.3. The molecule has 0 radical (unpaired) electrons. The van der Waals surface area contributed by atoms with Crippen LogP contribution >= 0.6 is 11.6 Å². The Labute approximate surface area is 173 Å². The lowest BCUT2D eigenvalue weighted by molar-refractivity contribution is -0.137. The van der Waals surface area contributed by atoms with Gasteiger partial charge in [-0.15, -0.1) is 0 Å². The van der Waals surface area contributed by atoms with Gasteiger partial charge in [-0.25, -0.2) is 13.4 Å². The van der Waals surface area contributed by atoms with Gasteiger partial charge in [0.25, 0.3) is 0 Å². The van der Waals surface area contributed by atoms with Crippen LogP contribution in [-0.4, -0.2) is 29.2 Å². The molecule has 0 bridgehead atoms. The number of hydrogen-bond donors (Lipinski definition) is 1. The van der Waals surface area contributed by atoms with Gasteiger partial charge in [-0.2, -0.15) is 17.5 Å². The maximum absolute atomic E-state index is 13.3. The summed E-state index contributed by atoms with van der Waals surface area (Å²) in [6.45, 7) is 6.29. The van der Waals surface area contributed by atoms with Crippen molar-refractivity contribution in [1.29, 1.82) is 0 Å². The third-order valence-corrected chi connectivity index (χ3v) is 7.41. The Balaban J connectivity index is 1.99. The minimum atomic E-state index is -4.60. The quantitative estimate of drug-likeness (QED) is 0.691. The monoisotopic (exact) mass is 449 g/mol. The average molecular weight is 450 g/mol. The van der Waals surface area contributed by atoms with Gasteiger partial charge in [0, 0.05) is 23.9 Å². The van der Waals surface area contributed by atoms with Gasteiger partial charge in [0.15, 0.2) is 0 Å². The molecular formula is C19H23ClF3N3O2S. The smallest absolute Gasteiger partial charge is 0.344 e. The fourth-order valence-electron chi connectivity index (χ4n) is 3.37. The number of piperidine rings is 1. The second-order valence-corrected chi connectivity index (χ2v) is 10.5. The molecule has 10 heteroatoms. The number of imidazole rings is 1. The summed E-state index contributed by atoms with van der Waals surface area (Å²) < 4.78 is 66.5. The molecule has 1 aliphatic rings. The van der Waals surface area contributed by atoms with Crippen LogP contribution in [-0.2, 0) is 21.6 Å². The van der Waals surface area contributed by atoms with Crippen molar-refractivity contribution in [2.24, 2.45) is 0 Å². The molecule has 1 atom stereocenters. The van der Waals surface area contributed by atoms with E-state index in [9.17, 15) is 21.6 Å². The lowest BCUT2D eigenvalue weighted by Crippen LogP contribution is -2.39. The van der Waals surface area contributed by atoms with E-state index in [0.29, 0.717) is 24.7 Å². The van der Waals surface area contributed by atoms with E-state index in [-0.39, 0.29) is 16.9 Å². The Kier molecular flexibility index (Phi) is 5.79. The predicted octanol–water partition coefficient (Wildman–Crippen LogP) is 5.30. The zero-order valence-corrected chi connectivity index (χ0v) is 17.9. The number of alkyl halides is 3. The van der Waals surface area contributed by atoms with E-state index in [4.69, 9.17) is 11.6 Å². The molecule has 2 aromatic rings. The van der Waals surface area contributed by atoms with Crippen molar-refractivity contribution in [3.8, 4) is 0 Å². The first-order valence-electron chi connectivity index (χ1n) is 9.26. The number of nitrogens with one attached hydrogen (secondary N) is 1. The molecule has 1 aromatic carbocycles. The van der Waals surface area contributed by atoms with Gasteiger partial charge in [-0.1, -0.05) is 38.8 Å². The van der Waals surface area contributed by atoms with Gasteiger partial charge >= 0.3 is 6.18 Å². The standard InChI is InChI=1S/C19H23ClF3N3O2S/c1-18(2,3)16-11-24-17(25-16)14-6-4-5-9-26(14)29(27,28)15-8-7-12(10-13(15)20)19(21,22)23/h7-8,10-11,14H,4-6,9H2,1-3H3,(H,24,25)/t14-/m0/s1. The number of nitrogens with zero attached hydrogens (tertiary/aromatic N) is 2. The normalized spacial score (nSPS) is 19.5. The molecule has 1 saturated heterocycles. The number of hydrogen-bond acceptors (Lipinski definition) is 3. The summed E-state index contributed by atoms with van der Waals surface area (Å²) in [5.74, 6) is 0.529. The molecule has 0 saturated carbocycles. The van der Waals surface area contributed by atoms with E-state index in [0.717, 1.165) is 24.2 Å². The molecule has 1 aliphatic heterocycles. The predicted molar refractivity (Wildman–Crippen MR) is 104 cm³/mol. The van der Waals surface area contributed by atoms with Crippen molar-refractivity contribution in [2.75, 3.05) is 6.54 Å². The van der Waals surface area contributed by atoms with Gasteiger partial charge < -0.3 is 4.98 Å². The fraction of sp³-hybridized carbons (Fsp3) is 0.526. The molecule has 1 N–H and O–H groups in total. The fourth-order valence-corrected chi connectivity index (χ4v) is 5.55. The first-order chi connectivity index (χ1) is 13.3. The van der Waals surface area contributed by atoms with Gasteiger partial charge in [0.05, 0.1) is 16.6 Å². The lowest BCUT2D eigenvalue weighted by atomic mass is 9.93. The SMILES string of the molecule is CC(C)(C)c1cnc([C@@H]2CCCCN2S(=O)(=O)c2ccc(C(F)(F)F)cc2Cl)[nH]1. The molecule has 0 amide bonds. The van der Waals surface area contributed by atoms with E-state index in [1.165, 1.54) is 4.31 Å². The summed E-state index contributed by atoms with van der Waals surface area (Å²) in [4.78, 5) is 7.28. The van der Waals surface area contributed by atoms with E-state index >= 15 is 0 Å².